The lowest BCUT2D eigenvalue weighted by Gasteiger charge is -2.00. The zero-order valence-electron chi connectivity index (χ0n) is 7.33. The molecule has 0 saturated heterocycles. The standard InChI is InChI=1S/C9H8FN3O/c10-7-2-3-8(13-6-7)9(14)12-5-1-4-11/h2-3,6H,1,5H2,(H,12,14). The summed E-state index contributed by atoms with van der Waals surface area (Å²) in [6.07, 6.45) is 1.21. The third-order valence-corrected chi connectivity index (χ3v) is 1.48. The van der Waals surface area contributed by atoms with Crippen molar-refractivity contribution >= 4 is 5.91 Å². The van der Waals surface area contributed by atoms with E-state index in [0.29, 0.717) is 0 Å². The Morgan fingerprint density at radius 3 is 3.00 bits per heavy atom. The average Bonchev–Trinajstić information content (AvgIpc) is 2.19. The van der Waals surface area contributed by atoms with Crippen LogP contribution in [0.3, 0.4) is 0 Å². The number of hydrogen-bond donors (Lipinski definition) is 1. The van der Waals surface area contributed by atoms with Crippen molar-refractivity contribution in [1.82, 2.24) is 10.3 Å². The number of pyridine rings is 1. The highest BCUT2D eigenvalue weighted by atomic mass is 19.1. The van der Waals surface area contributed by atoms with Crippen LogP contribution in [0.15, 0.2) is 18.3 Å². The van der Waals surface area contributed by atoms with Crippen LogP contribution < -0.4 is 5.32 Å². The summed E-state index contributed by atoms with van der Waals surface area (Å²) in [5, 5.41) is 10.7. The van der Waals surface area contributed by atoms with Crippen molar-refractivity contribution in [3.63, 3.8) is 0 Å². The van der Waals surface area contributed by atoms with E-state index in [1.54, 1.807) is 0 Å². The Balaban J connectivity index is 2.53. The van der Waals surface area contributed by atoms with Crippen LogP contribution >= 0.6 is 0 Å². The van der Waals surface area contributed by atoms with E-state index in [2.05, 4.69) is 10.3 Å². The molecule has 0 atom stereocenters. The number of carbonyl (C=O) groups is 1. The molecular weight excluding hydrogens is 185 g/mol. The minimum atomic E-state index is -0.487. The molecular formula is C9H8FN3O. The molecule has 1 N–H and O–H groups in total. The van der Waals surface area contributed by atoms with E-state index in [4.69, 9.17) is 5.26 Å². The van der Waals surface area contributed by atoms with Crippen LogP contribution in [0.25, 0.3) is 0 Å². The molecule has 0 aromatic carbocycles. The summed E-state index contributed by atoms with van der Waals surface area (Å²) in [5.41, 5.74) is 0.143. The monoisotopic (exact) mass is 193 g/mol. The van der Waals surface area contributed by atoms with Gasteiger partial charge in [0.15, 0.2) is 0 Å². The number of nitrogens with one attached hydrogen (secondary N) is 1. The van der Waals surface area contributed by atoms with Gasteiger partial charge in [-0.15, -0.1) is 0 Å². The maximum atomic E-state index is 12.4. The first-order valence-electron chi connectivity index (χ1n) is 4.00. The van der Waals surface area contributed by atoms with Crippen LogP contribution in [0, 0.1) is 17.1 Å². The number of nitrogens with zero attached hydrogens (tertiary/aromatic N) is 2. The van der Waals surface area contributed by atoms with Crippen molar-refractivity contribution < 1.29 is 9.18 Å². The van der Waals surface area contributed by atoms with Gasteiger partial charge in [-0.2, -0.15) is 5.26 Å². The molecule has 0 spiro atoms. The molecule has 0 aliphatic heterocycles. The van der Waals surface area contributed by atoms with Crippen molar-refractivity contribution in [2.24, 2.45) is 0 Å². The van der Waals surface area contributed by atoms with Crippen molar-refractivity contribution in [2.45, 2.75) is 6.42 Å². The molecule has 5 heteroatoms. The van der Waals surface area contributed by atoms with Gasteiger partial charge in [0.05, 0.1) is 18.7 Å². The van der Waals surface area contributed by atoms with Crippen LogP contribution in [-0.4, -0.2) is 17.4 Å². The lowest BCUT2D eigenvalue weighted by atomic mass is 10.3. The van der Waals surface area contributed by atoms with E-state index in [9.17, 15) is 9.18 Å². The Morgan fingerprint density at radius 2 is 2.43 bits per heavy atom. The summed E-state index contributed by atoms with van der Waals surface area (Å²) in [6.45, 7) is 0.272. The first-order chi connectivity index (χ1) is 6.74. The lowest BCUT2D eigenvalue weighted by molar-refractivity contribution is 0.0949. The number of amides is 1. The molecule has 0 fully saturated rings. The van der Waals surface area contributed by atoms with Crippen molar-refractivity contribution in [3.05, 3.63) is 29.8 Å². The Labute approximate surface area is 80.4 Å². The zero-order valence-corrected chi connectivity index (χ0v) is 7.33. The van der Waals surface area contributed by atoms with Gasteiger partial charge in [0.2, 0.25) is 0 Å². The smallest absolute Gasteiger partial charge is 0.269 e. The number of nitriles is 1. The second-order valence-electron chi connectivity index (χ2n) is 2.53. The SMILES string of the molecule is N#CCCNC(=O)c1ccc(F)cn1. The van der Waals surface area contributed by atoms with Gasteiger partial charge in [0.25, 0.3) is 5.91 Å². The molecule has 1 aromatic heterocycles. The normalized spacial score (nSPS) is 9.14. The van der Waals surface area contributed by atoms with Gasteiger partial charge in [-0.25, -0.2) is 9.37 Å². The van der Waals surface area contributed by atoms with Gasteiger partial charge in [0.1, 0.15) is 11.5 Å². The molecule has 0 radical (unpaired) electrons. The van der Waals surface area contributed by atoms with Crippen molar-refractivity contribution in [2.75, 3.05) is 6.54 Å². The Morgan fingerprint density at radius 1 is 1.64 bits per heavy atom. The molecule has 1 aromatic rings. The molecule has 0 aliphatic carbocycles. The Bertz CT molecular complexity index is 355. The average molecular weight is 193 g/mol. The largest absolute Gasteiger partial charge is 0.350 e. The van der Waals surface area contributed by atoms with Crippen LogP contribution in [-0.2, 0) is 0 Å². The highest BCUT2D eigenvalue weighted by Crippen LogP contribution is 1.97. The summed E-state index contributed by atoms with van der Waals surface area (Å²) >= 11 is 0. The van der Waals surface area contributed by atoms with Crippen LogP contribution in [0.1, 0.15) is 16.9 Å². The Kier molecular flexibility index (Phi) is 3.56. The number of rotatable bonds is 3. The van der Waals surface area contributed by atoms with Crippen molar-refractivity contribution in [3.8, 4) is 6.07 Å². The van der Waals surface area contributed by atoms with Gasteiger partial charge in [0, 0.05) is 6.54 Å². The first kappa shape index (κ1) is 10.1. The fourth-order valence-corrected chi connectivity index (χ4v) is 0.833. The number of halogens is 1. The predicted octanol–water partition coefficient (Wildman–Crippen LogP) is 0.864. The van der Waals surface area contributed by atoms with E-state index >= 15 is 0 Å². The van der Waals surface area contributed by atoms with Gasteiger partial charge >= 0.3 is 0 Å². The fourth-order valence-electron chi connectivity index (χ4n) is 0.833. The summed E-state index contributed by atoms with van der Waals surface area (Å²) in [6, 6.07) is 4.34. The van der Waals surface area contributed by atoms with Gasteiger partial charge in [-0.3, -0.25) is 4.79 Å². The van der Waals surface area contributed by atoms with Crippen molar-refractivity contribution in [1.29, 1.82) is 5.26 Å². The van der Waals surface area contributed by atoms with Gasteiger partial charge in [-0.1, -0.05) is 0 Å². The van der Waals surface area contributed by atoms with E-state index in [0.717, 1.165) is 12.3 Å². The van der Waals surface area contributed by atoms with Gasteiger partial charge in [-0.05, 0) is 12.1 Å². The van der Waals surface area contributed by atoms with Gasteiger partial charge < -0.3 is 5.32 Å². The Hall–Kier alpha value is -1.96. The second kappa shape index (κ2) is 4.92. The molecule has 1 heterocycles. The fraction of sp³-hybridized carbons (Fsp3) is 0.222. The number of aromatic nitrogens is 1. The molecule has 0 bridgehead atoms. The van der Waals surface area contributed by atoms with Crippen LogP contribution in [0.4, 0.5) is 4.39 Å². The molecule has 0 unspecified atom stereocenters. The molecule has 72 valence electrons. The van der Waals surface area contributed by atoms with E-state index < -0.39 is 11.7 Å². The number of carbonyl (C=O) groups excluding carboxylic acids is 1. The third-order valence-electron chi connectivity index (χ3n) is 1.48. The van der Waals surface area contributed by atoms with E-state index in [-0.39, 0.29) is 18.7 Å². The molecule has 0 saturated carbocycles. The first-order valence-corrected chi connectivity index (χ1v) is 4.00. The minimum Gasteiger partial charge on any atom is -0.350 e. The number of hydrogen-bond acceptors (Lipinski definition) is 3. The third kappa shape index (κ3) is 2.83. The molecule has 14 heavy (non-hydrogen) atoms. The molecule has 4 nitrogen and oxygen atoms in total. The molecule has 0 aliphatic rings. The van der Waals surface area contributed by atoms with E-state index in [1.165, 1.54) is 6.07 Å². The molecule has 1 amide bonds. The quantitative estimate of drug-likeness (QED) is 0.724. The topological polar surface area (TPSA) is 65.8 Å². The van der Waals surface area contributed by atoms with Crippen LogP contribution in [0.2, 0.25) is 0 Å². The maximum absolute atomic E-state index is 12.4. The minimum absolute atomic E-state index is 0.143. The summed E-state index contributed by atoms with van der Waals surface area (Å²) in [5.74, 6) is -0.890. The van der Waals surface area contributed by atoms with Crippen LogP contribution in [0.5, 0.6) is 0 Å². The highest BCUT2D eigenvalue weighted by Gasteiger charge is 2.05. The molecule has 1 rings (SSSR count). The highest BCUT2D eigenvalue weighted by molar-refractivity contribution is 5.92. The summed E-state index contributed by atoms with van der Waals surface area (Å²) < 4.78 is 12.4. The summed E-state index contributed by atoms with van der Waals surface area (Å²) in [4.78, 5) is 14.8. The zero-order chi connectivity index (χ0) is 10.4. The maximum Gasteiger partial charge on any atom is 0.269 e. The van der Waals surface area contributed by atoms with E-state index in [1.807, 2.05) is 6.07 Å². The predicted molar refractivity (Wildman–Crippen MR) is 46.8 cm³/mol. The lowest BCUT2D eigenvalue weighted by Crippen LogP contribution is -2.25. The second-order valence-corrected chi connectivity index (χ2v) is 2.53. The summed E-state index contributed by atoms with van der Waals surface area (Å²) in [7, 11) is 0.